The zero-order valence-corrected chi connectivity index (χ0v) is 9.52. The Labute approximate surface area is 88.5 Å². The fraction of sp³-hybridized carbons (Fsp3) is 0.200. The summed E-state index contributed by atoms with van der Waals surface area (Å²) in [6.45, 7) is 2.62. The van der Waals surface area contributed by atoms with Crippen LogP contribution < -0.4 is 4.74 Å². The van der Waals surface area contributed by atoms with E-state index in [0.29, 0.717) is 6.61 Å². The minimum atomic E-state index is 0.136. The third-order valence-electron chi connectivity index (χ3n) is 1.70. The monoisotopic (exact) mass is 254 g/mol. The van der Waals surface area contributed by atoms with E-state index in [-0.39, 0.29) is 14.5 Å². The summed E-state index contributed by atoms with van der Waals surface area (Å²) >= 11 is 0.136. The van der Waals surface area contributed by atoms with Crippen molar-refractivity contribution in [2.24, 2.45) is 0 Å². The quantitative estimate of drug-likeness (QED) is 0.779. The number of hydrogen-bond acceptors (Lipinski definition) is 3. The Morgan fingerprint density at radius 3 is 2.71 bits per heavy atom. The molecule has 0 atom stereocenters. The summed E-state index contributed by atoms with van der Waals surface area (Å²) < 4.78 is 7.14. The zero-order chi connectivity index (χ0) is 9.80. The molecule has 0 amide bonds. The van der Waals surface area contributed by atoms with Gasteiger partial charge in [0.05, 0.1) is 0 Å². The van der Waals surface area contributed by atoms with Gasteiger partial charge in [-0.2, -0.15) is 0 Å². The van der Waals surface area contributed by atoms with Crippen LogP contribution in [0.1, 0.15) is 6.92 Å². The Hall–Kier alpha value is -1.12. The molecule has 0 N–H and O–H groups in total. The summed E-state index contributed by atoms with van der Waals surface area (Å²) in [5.74, 6) is 0. The van der Waals surface area contributed by atoms with Crippen molar-refractivity contribution in [3.63, 3.8) is 0 Å². The predicted molar refractivity (Wildman–Crippen MR) is 55.6 cm³/mol. The van der Waals surface area contributed by atoms with Crippen molar-refractivity contribution in [1.82, 2.24) is 10.2 Å². The van der Waals surface area contributed by atoms with E-state index in [0.717, 1.165) is 14.9 Å². The van der Waals surface area contributed by atoms with Gasteiger partial charge in [-0.1, -0.05) is 0 Å². The number of hydrogen-bond donors (Lipinski definition) is 0. The summed E-state index contributed by atoms with van der Waals surface area (Å²) in [6, 6.07) is 10.1. The topological polar surface area (TPSA) is 35.0 Å². The van der Waals surface area contributed by atoms with E-state index in [2.05, 4.69) is 10.2 Å². The van der Waals surface area contributed by atoms with Gasteiger partial charge in [-0.25, -0.2) is 0 Å². The predicted octanol–water partition coefficient (Wildman–Crippen LogP) is 1.60. The maximum absolute atomic E-state index is 5.32. The van der Waals surface area contributed by atoms with Gasteiger partial charge in [-0.15, -0.1) is 0 Å². The van der Waals surface area contributed by atoms with Crippen LogP contribution in [0.15, 0.2) is 30.3 Å². The fourth-order valence-electron chi connectivity index (χ4n) is 1.09. The minimum absolute atomic E-state index is 0.136. The SMILES string of the molecule is CCOc1nnc(-c2ccccc2)[se]1. The van der Waals surface area contributed by atoms with Crippen molar-refractivity contribution < 1.29 is 4.74 Å². The second-order valence-corrected chi connectivity index (χ2v) is 4.64. The molecule has 0 bridgehead atoms. The summed E-state index contributed by atoms with van der Waals surface area (Å²) in [5.41, 5.74) is 1.14. The molecule has 1 heterocycles. The molecular formula is C10H10N2OSe. The van der Waals surface area contributed by atoms with Crippen molar-refractivity contribution in [2.45, 2.75) is 6.92 Å². The van der Waals surface area contributed by atoms with E-state index in [1.807, 2.05) is 37.3 Å². The Bertz CT molecular complexity index is 400. The van der Waals surface area contributed by atoms with E-state index in [9.17, 15) is 0 Å². The van der Waals surface area contributed by atoms with E-state index >= 15 is 0 Å². The molecular weight excluding hydrogens is 243 g/mol. The van der Waals surface area contributed by atoms with Crippen molar-refractivity contribution in [3.8, 4) is 14.9 Å². The molecule has 3 nitrogen and oxygen atoms in total. The summed E-state index contributed by atoms with van der Waals surface area (Å²) in [4.78, 5) is 0. The normalized spacial score (nSPS) is 10.1. The molecule has 2 aromatic rings. The first-order chi connectivity index (χ1) is 6.90. The second kappa shape index (κ2) is 4.40. The maximum atomic E-state index is 5.32. The van der Waals surface area contributed by atoms with E-state index in [4.69, 9.17) is 4.74 Å². The first-order valence-electron chi connectivity index (χ1n) is 4.42. The fourth-order valence-corrected chi connectivity index (χ4v) is 2.68. The number of nitrogens with zero attached hydrogens (tertiary/aromatic N) is 2. The van der Waals surface area contributed by atoms with Gasteiger partial charge >= 0.3 is 88.2 Å². The average molecular weight is 253 g/mol. The molecule has 1 aromatic heterocycles. The molecule has 4 heteroatoms. The van der Waals surface area contributed by atoms with E-state index in [1.54, 1.807) is 0 Å². The van der Waals surface area contributed by atoms with Crippen molar-refractivity contribution in [2.75, 3.05) is 6.61 Å². The van der Waals surface area contributed by atoms with Gasteiger partial charge in [-0.05, 0) is 0 Å². The molecule has 0 saturated heterocycles. The average Bonchev–Trinajstić information content (AvgIpc) is 2.68. The van der Waals surface area contributed by atoms with Gasteiger partial charge in [0.2, 0.25) is 0 Å². The van der Waals surface area contributed by atoms with Crippen LogP contribution in [0.2, 0.25) is 0 Å². The molecule has 0 spiro atoms. The number of ether oxygens (including phenoxy) is 1. The molecule has 0 saturated carbocycles. The summed E-state index contributed by atoms with van der Waals surface area (Å²) in [5, 5.41) is 8.11. The van der Waals surface area contributed by atoms with E-state index in [1.165, 1.54) is 0 Å². The van der Waals surface area contributed by atoms with Crippen LogP contribution in [0.5, 0.6) is 4.75 Å². The first kappa shape index (κ1) is 9.44. The van der Waals surface area contributed by atoms with Crippen molar-refractivity contribution in [3.05, 3.63) is 30.3 Å². The molecule has 0 unspecified atom stereocenters. The van der Waals surface area contributed by atoms with Crippen LogP contribution in [-0.2, 0) is 0 Å². The van der Waals surface area contributed by atoms with Gasteiger partial charge in [0.25, 0.3) is 0 Å². The van der Waals surface area contributed by atoms with Gasteiger partial charge in [-0.3, -0.25) is 0 Å². The Kier molecular flexibility index (Phi) is 2.96. The third-order valence-corrected chi connectivity index (χ3v) is 3.55. The standard InChI is InChI=1S/C10H10N2OSe/c1-2-13-10-12-11-9(14-10)8-6-4-3-5-7-8/h3-7H,2H2,1H3. The Morgan fingerprint density at radius 1 is 1.21 bits per heavy atom. The van der Waals surface area contributed by atoms with Crippen LogP contribution in [-0.4, -0.2) is 31.3 Å². The molecule has 2 rings (SSSR count). The van der Waals surface area contributed by atoms with Crippen LogP contribution >= 0.6 is 0 Å². The Balaban J connectivity index is 2.25. The molecule has 0 radical (unpaired) electrons. The molecule has 0 aliphatic rings. The van der Waals surface area contributed by atoms with Crippen molar-refractivity contribution >= 4 is 14.5 Å². The van der Waals surface area contributed by atoms with E-state index < -0.39 is 0 Å². The Morgan fingerprint density at radius 2 is 2.00 bits per heavy atom. The number of rotatable bonds is 3. The molecule has 0 aliphatic heterocycles. The van der Waals surface area contributed by atoms with Crippen LogP contribution in [0, 0.1) is 0 Å². The molecule has 1 aromatic carbocycles. The third kappa shape index (κ3) is 2.03. The van der Waals surface area contributed by atoms with Gasteiger partial charge in [0.1, 0.15) is 0 Å². The second-order valence-electron chi connectivity index (χ2n) is 2.67. The zero-order valence-electron chi connectivity index (χ0n) is 7.80. The van der Waals surface area contributed by atoms with Crippen LogP contribution in [0.3, 0.4) is 0 Å². The first-order valence-corrected chi connectivity index (χ1v) is 6.13. The molecule has 14 heavy (non-hydrogen) atoms. The molecule has 0 fully saturated rings. The summed E-state index contributed by atoms with van der Waals surface area (Å²) in [6.07, 6.45) is 0. The van der Waals surface area contributed by atoms with Gasteiger partial charge in [0.15, 0.2) is 0 Å². The van der Waals surface area contributed by atoms with Crippen LogP contribution in [0.4, 0.5) is 0 Å². The molecule has 72 valence electrons. The van der Waals surface area contributed by atoms with Gasteiger partial charge < -0.3 is 0 Å². The van der Waals surface area contributed by atoms with Gasteiger partial charge in [0, 0.05) is 0 Å². The van der Waals surface area contributed by atoms with Crippen LogP contribution in [0.25, 0.3) is 10.1 Å². The number of benzene rings is 1. The van der Waals surface area contributed by atoms with Crippen molar-refractivity contribution in [1.29, 1.82) is 0 Å². The molecule has 0 aliphatic carbocycles. The number of aromatic nitrogens is 2. The summed E-state index contributed by atoms with van der Waals surface area (Å²) in [7, 11) is 0.